The first kappa shape index (κ1) is 68.4. The molecule has 0 spiro atoms. The second-order valence-corrected chi connectivity index (χ2v) is 19.5. The fourth-order valence-corrected chi connectivity index (χ4v) is 7.09. The van der Waals surface area contributed by atoms with E-state index in [-0.39, 0.29) is 32.7 Å². The lowest BCUT2D eigenvalue weighted by Gasteiger charge is -2.26. The van der Waals surface area contributed by atoms with Gasteiger partial charge in [0.2, 0.25) is 0 Å². The zero-order valence-corrected chi connectivity index (χ0v) is 46.7. The Morgan fingerprint density at radius 2 is 0.740 bits per heavy atom. The number of quaternary nitrogens is 1. The van der Waals surface area contributed by atoms with E-state index in [1.54, 1.807) is 0 Å². The van der Waals surface area contributed by atoms with E-state index in [4.69, 9.17) is 18.9 Å². The molecule has 0 aliphatic rings. The molecule has 9 nitrogen and oxygen atoms in total. The van der Waals surface area contributed by atoms with Crippen LogP contribution in [-0.2, 0) is 33.3 Å². The van der Waals surface area contributed by atoms with Crippen molar-refractivity contribution in [3.05, 3.63) is 134 Å². The van der Waals surface area contributed by atoms with Crippen molar-refractivity contribution in [3.8, 4) is 0 Å². The van der Waals surface area contributed by atoms with Crippen LogP contribution in [0.15, 0.2) is 134 Å². The average molecular weight is 1010 g/mol. The molecule has 2 atom stereocenters. The molecule has 0 aromatic rings. The minimum absolute atomic E-state index is 0.133. The van der Waals surface area contributed by atoms with Crippen LogP contribution in [0.1, 0.15) is 194 Å². The third-order valence-corrected chi connectivity index (χ3v) is 11.4. The summed E-state index contributed by atoms with van der Waals surface area (Å²) in [6.07, 6.45) is 73.6. The molecule has 0 bridgehead atoms. The molecular formula is C64H103NO8. The van der Waals surface area contributed by atoms with Crippen LogP contribution in [0.2, 0.25) is 0 Å². The standard InChI is InChI=1S/C64H103NO8/c1-6-8-10-12-14-16-18-20-22-23-24-25-26-27-28-29-30-31-32-33-34-35-36-37-38-39-41-43-45-47-49-51-53-55-62(67)73-60(59-72-64(63(68)69)70-57-56-65(3,4)5)58-71-61(66)54-52-50-48-46-44-42-40-21-19-17-15-13-11-9-7-2/h8-11,14-17,20-22,24-25,27-28,30-31,33-34,40,44,46,60,64H,6-7,12-13,18-19,23,26,29,32,35-39,41-43,45,47-59H2,1-5H3/b10-8-,11-9-,16-14-,17-15-,22-20-,25-24-,28-27-,31-30-,34-33-,40-21-,46-44-. The summed E-state index contributed by atoms with van der Waals surface area (Å²) in [6.45, 7) is 4.44. The SMILES string of the molecule is CC/C=C\C/C=C\C/C=C\C/C=C\C/C=C\C/C=C\C/C=C\CCCCCCCCCCCCCC(=O)OC(COC(=O)CCCC/C=C\C/C=C\C/C=C\C/C=C\CC)COC(OCC[N+](C)(C)C)C(=O)[O-]. The molecular weight excluding hydrogens is 911 g/mol. The number of esters is 2. The fourth-order valence-electron chi connectivity index (χ4n) is 7.09. The summed E-state index contributed by atoms with van der Waals surface area (Å²) in [5.74, 6) is -2.36. The van der Waals surface area contributed by atoms with E-state index in [0.717, 1.165) is 109 Å². The first-order valence-electron chi connectivity index (χ1n) is 28.3. The molecule has 0 aliphatic carbocycles. The summed E-state index contributed by atoms with van der Waals surface area (Å²) in [7, 11) is 5.89. The van der Waals surface area contributed by atoms with Gasteiger partial charge in [-0.2, -0.15) is 0 Å². The Hall–Kier alpha value is -4.57. The summed E-state index contributed by atoms with van der Waals surface area (Å²) < 4.78 is 22.6. The van der Waals surface area contributed by atoms with E-state index >= 15 is 0 Å². The lowest BCUT2D eigenvalue weighted by Crippen LogP contribution is -2.44. The highest BCUT2D eigenvalue weighted by Gasteiger charge is 2.22. The van der Waals surface area contributed by atoms with Crippen LogP contribution >= 0.6 is 0 Å². The minimum Gasteiger partial charge on any atom is -0.545 e. The summed E-state index contributed by atoms with van der Waals surface area (Å²) >= 11 is 0. The molecule has 0 fully saturated rings. The molecule has 0 aromatic heterocycles. The van der Waals surface area contributed by atoms with Crippen molar-refractivity contribution in [2.24, 2.45) is 0 Å². The highest BCUT2D eigenvalue weighted by atomic mass is 16.7. The van der Waals surface area contributed by atoms with Crippen LogP contribution in [0.3, 0.4) is 0 Å². The molecule has 0 radical (unpaired) electrons. The monoisotopic (exact) mass is 1010 g/mol. The van der Waals surface area contributed by atoms with Crippen LogP contribution in [0.5, 0.6) is 0 Å². The quantitative estimate of drug-likeness (QED) is 0.0195. The Kier molecular flexibility index (Phi) is 50.4. The number of aliphatic carboxylic acids is 1. The third kappa shape index (κ3) is 55.0. The predicted octanol–water partition coefficient (Wildman–Crippen LogP) is 15.3. The lowest BCUT2D eigenvalue weighted by atomic mass is 10.0. The maximum absolute atomic E-state index is 12.8. The van der Waals surface area contributed by atoms with Crippen molar-refractivity contribution in [1.82, 2.24) is 0 Å². The maximum Gasteiger partial charge on any atom is 0.306 e. The smallest absolute Gasteiger partial charge is 0.306 e. The molecule has 0 saturated heterocycles. The Labute approximate surface area is 446 Å². The molecule has 0 aliphatic heterocycles. The number of hydrogen-bond donors (Lipinski definition) is 0. The van der Waals surface area contributed by atoms with Crippen LogP contribution in [0.4, 0.5) is 0 Å². The van der Waals surface area contributed by atoms with Crippen molar-refractivity contribution >= 4 is 17.9 Å². The van der Waals surface area contributed by atoms with Gasteiger partial charge in [-0.25, -0.2) is 0 Å². The second kappa shape index (κ2) is 53.7. The predicted molar refractivity (Wildman–Crippen MR) is 306 cm³/mol. The van der Waals surface area contributed by atoms with Gasteiger partial charge in [-0.05, 0) is 109 Å². The zero-order chi connectivity index (χ0) is 53.4. The van der Waals surface area contributed by atoms with Gasteiger partial charge in [0, 0.05) is 12.8 Å². The van der Waals surface area contributed by atoms with Gasteiger partial charge in [-0.1, -0.05) is 205 Å². The van der Waals surface area contributed by atoms with Crippen LogP contribution < -0.4 is 5.11 Å². The summed E-state index contributed by atoms with van der Waals surface area (Å²) in [6, 6.07) is 0. The number of carboxylic acid groups (broad SMARTS) is 1. The molecule has 73 heavy (non-hydrogen) atoms. The normalized spacial score (nSPS) is 13.8. The number of nitrogens with zero attached hydrogens (tertiary/aromatic N) is 1. The molecule has 9 heteroatoms. The van der Waals surface area contributed by atoms with E-state index < -0.39 is 30.3 Å². The molecule has 0 rings (SSSR count). The molecule has 0 aromatic carbocycles. The number of likely N-dealkylation sites (N-methyl/N-ethyl adjacent to an activating group) is 1. The Balaban J connectivity index is 4.25. The van der Waals surface area contributed by atoms with Crippen molar-refractivity contribution in [1.29, 1.82) is 0 Å². The van der Waals surface area contributed by atoms with Gasteiger partial charge in [0.15, 0.2) is 12.4 Å². The topological polar surface area (TPSA) is 111 Å². The third-order valence-electron chi connectivity index (χ3n) is 11.4. The van der Waals surface area contributed by atoms with Crippen molar-refractivity contribution in [2.45, 2.75) is 206 Å². The maximum atomic E-state index is 12.8. The van der Waals surface area contributed by atoms with Crippen molar-refractivity contribution in [3.63, 3.8) is 0 Å². The molecule has 2 unspecified atom stereocenters. The number of hydrogen-bond acceptors (Lipinski definition) is 8. The van der Waals surface area contributed by atoms with Crippen LogP contribution in [-0.4, -0.2) is 82.3 Å². The Morgan fingerprint density at radius 3 is 1.12 bits per heavy atom. The van der Waals surface area contributed by atoms with E-state index in [0.29, 0.717) is 23.9 Å². The first-order chi connectivity index (χ1) is 35.6. The minimum atomic E-state index is -1.64. The number of rotatable bonds is 50. The lowest BCUT2D eigenvalue weighted by molar-refractivity contribution is -0.870. The number of ether oxygens (including phenoxy) is 4. The number of carboxylic acids is 1. The zero-order valence-electron chi connectivity index (χ0n) is 46.7. The number of carbonyl (C=O) groups excluding carboxylic acids is 3. The van der Waals surface area contributed by atoms with E-state index in [1.807, 2.05) is 21.1 Å². The van der Waals surface area contributed by atoms with Gasteiger partial charge in [0.1, 0.15) is 13.2 Å². The number of allylic oxidation sites excluding steroid dienone is 22. The fraction of sp³-hybridized carbons (Fsp3) is 0.609. The first-order valence-corrected chi connectivity index (χ1v) is 28.3. The van der Waals surface area contributed by atoms with Crippen LogP contribution in [0.25, 0.3) is 0 Å². The Bertz CT molecular complexity index is 1650. The number of unbranched alkanes of at least 4 members (excludes halogenated alkanes) is 13. The number of carbonyl (C=O) groups is 3. The summed E-state index contributed by atoms with van der Waals surface area (Å²) in [4.78, 5) is 37.2. The second-order valence-electron chi connectivity index (χ2n) is 19.5. The highest BCUT2D eigenvalue weighted by molar-refractivity contribution is 5.70. The van der Waals surface area contributed by atoms with Gasteiger partial charge in [0.25, 0.3) is 0 Å². The molecule has 0 saturated carbocycles. The van der Waals surface area contributed by atoms with Gasteiger partial charge in [-0.3, -0.25) is 9.59 Å². The largest absolute Gasteiger partial charge is 0.545 e. The van der Waals surface area contributed by atoms with Crippen LogP contribution in [0, 0.1) is 0 Å². The van der Waals surface area contributed by atoms with E-state index in [1.165, 1.54) is 44.9 Å². The molecule has 0 N–H and O–H groups in total. The van der Waals surface area contributed by atoms with Gasteiger partial charge in [0.05, 0.1) is 40.3 Å². The average Bonchev–Trinajstić information content (AvgIpc) is 3.36. The summed E-state index contributed by atoms with van der Waals surface area (Å²) in [5.41, 5.74) is 0. The molecule has 0 amide bonds. The van der Waals surface area contributed by atoms with Crippen molar-refractivity contribution < 1.29 is 42.9 Å². The van der Waals surface area contributed by atoms with Gasteiger partial charge in [-0.15, -0.1) is 0 Å². The van der Waals surface area contributed by atoms with Gasteiger partial charge < -0.3 is 33.3 Å². The van der Waals surface area contributed by atoms with Gasteiger partial charge >= 0.3 is 11.9 Å². The van der Waals surface area contributed by atoms with E-state index in [2.05, 4.69) is 148 Å². The molecule has 412 valence electrons. The Morgan fingerprint density at radius 1 is 0.411 bits per heavy atom. The van der Waals surface area contributed by atoms with Crippen molar-refractivity contribution in [2.75, 3.05) is 47.5 Å². The molecule has 0 heterocycles. The summed E-state index contributed by atoms with van der Waals surface area (Å²) in [5, 5.41) is 11.8. The van der Waals surface area contributed by atoms with E-state index in [9.17, 15) is 19.5 Å². The highest BCUT2D eigenvalue weighted by Crippen LogP contribution is 2.14.